The molecular weight excluding hydrogens is 428 g/mol. The summed E-state index contributed by atoms with van der Waals surface area (Å²) in [5.74, 6) is -1.45. The van der Waals surface area contributed by atoms with E-state index in [0.29, 0.717) is 25.7 Å². The first-order valence-electron chi connectivity index (χ1n) is 12.0. The Bertz CT molecular complexity index is 983. The third kappa shape index (κ3) is 7.04. The zero-order valence-electron chi connectivity index (χ0n) is 20.5. The topological polar surface area (TPSA) is 72.8 Å². The molecule has 1 saturated heterocycles. The number of aliphatic hydroxyl groups is 1. The molecule has 1 fully saturated rings. The number of hydrogen-bond donors (Lipinski definition) is 1. The predicted octanol–water partition coefficient (Wildman–Crippen LogP) is 5.71. The number of benzene rings is 1. The van der Waals surface area contributed by atoms with Gasteiger partial charge in [0.1, 0.15) is 12.2 Å². The van der Waals surface area contributed by atoms with Crippen molar-refractivity contribution in [2.75, 3.05) is 0 Å². The van der Waals surface area contributed by atoms with Gasteiger partial charge in [-0.15, -0.1) is 0 Å². The molecule has 0 aromatic heterocycles. The van der Waals surface area contributed by atoms with Gasteiger partial charge in [-0.1, -0.05) is 60.2 Å². The summed E-state index contributed by atoms with van der Waals surface area (Å²) in [6.45, 7) is 9.77. The molecule has 0 amide bonds. The molecule has 2 aliphatic rings. The molecule has 182 valence electrons. The molecule has 4 unspecified atom stereocenters. The fourth-order valence-electron chi connectivity index (χ4n) is 4.54. The summed E-state index contributed by atoms with van der Waals surface area (Å²) in [5, 5.41) is 11.2. The lowest BCUT2D eigenvalue weighted by molar-refractivity contribution is -0.173. The molecule has 34 heavy (non-hydrogen) atoms. The smallest absolute Gasteiger partial charge is 0.334 e. The van der Waals surface area contributed by atoms with Gasteiger partial charge < -0.3 is 14.6 Å². The number of fused-ring (bicyclic) bond motifs is 2. The Balaban J connectivity index is 1.88. The fourth-order valence-corrected chi connectivity index (χ4v) is 4.54. The van der Waals surface area contributed by atoms with Gasteiger partial charge >= 0.3 is 11.9 Å². The van der Waals surface area contributed by atoms with Crippen LogP contribution in [0.15, 0.2) is 71.9 Å². The van der Waals surface area contributed by atoms with Crippen molar-refractivity contribution in [2.24, 2.45) is 5.92 Å². The van der Waals surface area contributed by atoms with Crippen LogP contribution in [-0.4, -0.2) is 34.9 Å². The first kappa shape index (κ1) is 25.7. The Kier molecular flexibility index (Phi) is 8.67. The first-order valence-corrected chi connectivity index (χ1v) is 12.0. The van der Waals surface area contributed by atoms with Crippen molar-refractivity contribution in [1.29, 1.82) is 0 Å². The van der Waals surface area contributed by atoms with Gasteiger partial charge in [-0.05, 0) is 64.5 Å². The SMILES string of the molecule is C=C1C(=O)OC2CC1C(OC(=O)C=Cc1ccccc1)CC(C)=CCCC(C)=CCCC2(C)O. The Labute approximate surface area is 202 Å². The Morgan fingerprint density at radius 3 is 2.62 bits per heavy atom. The number of ether oxygens (including phenoxy) is 2. The summed E-state index contributed by atoms with van der Waals surface area (Å²) in [6, 6.07) is 9.52. The second kappa shape index (κ2) is 11.5. The molecule has 2 bridgehead atoms. The molecule has 3 rings (SSSR count). The first-order chi connectivity index (χ1) is 16.2. The Morgan fingerprint density at radius 1 is 1.18 bits per heavy atom. The second-order valence-corrected chi connectivity index (χ2v) is 9.72. The zero-order valence-corrected chi connectivity index (χ0v) is 20.5. The number of hydrogen-bond acceptors (Lipinski definition) is 5. The molecule has 5 nitrogen and oxygen atoms in total. The van der Waals surface area contributed by atoms with Crippen LogP contribution in [-0.2, 0) is 19.1 Å². The van der Waals surface area contributed by atoms with Crippen molar-refractivity contribution in [3.8, 4) is 0 Å². The number of rotatable bonds is 3. The van der Waals surface area contributed by atoms with Gasteiger partial charge in [0.2, 0.25) is 0 Å². The highest BCUT2D eigenvalue weighted by Crippen LogP contribution is 2.37. The number of carbonyl (C=O) groups excluding carboxylic acids is 2. The molecule has 5 heteroatoms. The Morgan fingerprint density at radius 2 is 1.88 bits per heavy atom. The third-order valence-electron chi connectivity index (χ3n) is 6.75. The normalized spacial score (nSPS) is 29.0. The van der Waals surface area contributed by atoms with Crippen LogP contribution in [0.4, 0.5) is 0 Å². The van der Waals surface area contributed by atoms with Crippen LogP contribution in [0.1, 0.15) is 64.9 Å². The predicted molar refractivity (Wildman–Crippen MR) is 134 cm³/mol. The molecule has 0 saturated carbocycles. The minimum atomic E-state index is -1.19. The van der Waals surface area contributed by atoms with Crippen LogP contribution >= 0.6 is 0 Å². The van der Waals surface area contributed by atoms with Crippen LogP contribution < -0.4 is 0 Å². The quantitative estimate of drug-likeness (QED) is 0.353. The lowest BCUT2D eigenvalue weighted by Gasteiger charge is -2.40. The van der Waals surface area contributed by atoms with Gasteiger partial charge in [-0.2, -0.15) is 0 Å². The van der Waals surface area contributed by atoms with Crippen molar-refractivity contribution in [1.82, 2.24) is 0 Å². The molecule has 1 heterocycles. The number of allylic oxidation sites excluding steroid dienone is 3. The highest BCUT2D eigenvalue weighted by molar-refractivity contribution is 5.90. The maximum Gasteiger partial charge on any atom is 0.334 e. The van der Waals surface area contributed by atoms with Crippen molar-refractivity contribution < 1.29 is 24.2 Å². The van der Waals surface area contributed by atoms with Gasteiger partial charge in [-0.25, -0.2) is 9.59 Å². The van der Waals surface area contributed by atoms with Gasteiger partial charge in [0.25, 0.3) is 0 Å². The van der Waals surface area contributed by atoms with E-state index in [1.165, 1.54) is 11.6 Å². The van der Waals surface area contributed by atoms with Crippen LogP contribution in [0.3, 0.4) is 0 Å². The highest BCUT2D eigenvalue weighted by Gasteiger charge is 2.45. The van der Waals surface area contributed by atoms with Crippen molar-refractivity contribution >= 4 is 18.0 Å². The summed E-state index contributed by atoms with van der Waals surface area (Å²) < 4.78 is 11.5. The summed E-state index contributed by atoms with van der Waals surface area (Å²) in [4.78, 5) is 25.5. The molecule has 1 aliphatic heterocycles. The summed E-state index contributed by atoms with van der Waals surface area (Å²) in [7, 11) is 0. The maximum absolute atomic E-state index is 12.8. The monoisotopic (exact) mass is 464 g/mol. The molecule has 1 aromatic rings. The van der Waals surface area contributed by atoms with E-state index in [-0.39, 0.29) is 5.57 Å². The van der Waals surface area contributed by atoms with Gasteiger partial charge in [-0.3, -0.25) is 0 Å². The zero-order chi connectivity index (χ0) is 24.7. The minimum Gasteiger partial charge on any atom is -0.458 e. The second-order valence-electron chi connectivity index (χ2n) is 9.72. The van der Waals surface area contributed by atoms with E-state index in [0.717, 1.165) is 24.0 Å². The van der Waals surface area contributed by atoms with Crippen LogP contribution in [0, 0.1) is 5.92 Å². The van der Waals surface area contributed by atoms with E-state index < -0.39 is 35.7 Å². The van der Waals surface area contributed by atoms with Crippen molar-refractivity contribution in [3.63, 3.8) is 0 Å². The van der Waals surface area contributed by atoms with Crippen molar-refractivity contribution in [3.05, 3.63) is 77.4 Å². The Hall–Kier alpha value is -2.92. The van der Waals surface area contributed by atoms with Crippen LogP contribution in [0.25, 0.3) is 6.08 Å². The maximum atomic E-state index is 12.8. The lowest BCUT2D eigenvalue weighted by Crippen LogP contribution is -2.49. The summed E-state index contributed by atoms with van der Waals surface area (Å²) in [6.07, 6.45) is 9.98. The van der Waals surface area contributed by atoms with Crippen LogP contribution in [0.5, 0.6) is 0 Å². The van der Waals surface area contributed by atoms with E-state index >= 15 is 0 Å². The molecule has 1 aromatic carbocycles. The van der Waals surface area contributed by atoms with E-state index in [1.54, 1.807) is 13.0 Å². The van der Waals surface area contributed by atoms with Gasteiger partial charge in [0.05, 0.1) is 5.60 Å². The minimum absolute atomic E-state index is 0.285. The molecule has 1 N–H and O–H groups in total. The number of esters is 2. The molecule has 1 aliphatic carbocycles. The van der Waals surface area contributed by atoms with Gasteiger partial charge in [0.15, 0.2) is 0 Å². The highest BCUT2D eigenvalue weighted by atomic mass is 16.6. The molecular formula is C29H36O5. The molecule has 0 spiro atoms. The van der Waals surface area contributed by atoms with E-state index in [2.05, 4.69) is 25.7 Å². The number of carbonyl (C=O) groups is 2. The van der Waals surface area contributed by atoms with Crippen LogP contribution in [0.2, 0.25) is 0 Å². The van der Waals surface area contributed by atoms with E-state index in [4.69, 9.17) is 9.47 Å². The summed E-state index contributed by atoms with van der Waals surface area (Å²) >= 11 is 0. The molecule has 4 atom stereocenters. The standard InChI is InChI=1S/C29H36O5/c1-20-10-8-11-21(2)18-25(33-27(30)16-15-23-13-6-5-7-14-23)24-19-26(34-28(31)22(24)3)29(4,32)17-9-12-20/h5-7,11-16,24-26,32H,3,8-10,17-19H2,1-2,4H3. The summed E-state index contributed by atoms with van der Waals surface area (Å²) in [5.41, 5.74) is 2.34. The van der Waals surface area contributed by atoms with E-state index in [1.807, 2.05) is 37.3 Å². The largest absolute Gasteiger partial charge is 0.458 e. The molecule has 0 radical (unpaired) electrons. The fraction of sp³-hybridized carbons (Fsp3) is 0.448. The lowest BCUT2D eigenvalue weighted by atomic mass is 9.78. The van der Waals surface area contributed by atoms with Gasteiger partial charge in [0, 0.05) is 24.0 Å². The average Bonchev–Trinajstić information content (AvgIpc) is 2.79. The van der Waals surface area contributed by atoms with E-state index in [9.17, 15) is 14.7 Å². The third-order valence-corrected chi connectivity index (χ3v) is 6.75. The van der Waals surface area contributed by atoms with Crippen molar-refractivity contribution in [2.45, 2.75) is 77.1 Å². The average molecular weight is 465 g/mol.